The second-order valence-corrected chi connectivity index (χ2v) is 8.69. The van der Waals surface area contributed by atoms with E-state index in [0.717, 1.165) is 18.4 Å². The van der Waals surface area contributed by atoms with E-state index >= 15 is 0 Å². The van der Waals surface area contributed by atoms with Crippen LogP contribution in [0.4, 0.5) is 5.69 Å². The number of hydrogen-bond donors (Lipinski definition) is 2. The number of hydrogen-bond acceptors (Lipinski definition) is 4. The third kappa shape index (κ3) is 5.07. The van der Waals surface area contributed by atoms with E-state index in [9.17, 15) is 13.2 Å². The molecule has 1 fully saturated rings. The van der Waals surface area contributed by atoms with Gasteiger partial charge < -0.3 is 5.32 Å². The van der Waals surface area contributed by atoms with Gasteiger partial charge in [0.2, 0.25) is 15.9 Å². The summed E-state index contributed by atoms with van der Waals surface area (Å²) in [6, 6.07) is 13.8. The number of carbonyl (C=O) groups is 1. The molecule has 0 heterocycles. The van der Waals surface area contributed by atoms with Crippen LogP contribution in [-0.4, -0.2) is 31.8 Å². The topological polar surface area (TPSA) is 92.5 Å². The Morgan fingerprint density at radius 1 is 1.22 bits per heavy atom. The smallest absolute Gasteiger partial charge is 0.238 e. The predicted molar refractivity (Wildman–Crippen MR) is 106 cm³/mol. The minimum absolute atomic E-state index is 0.00690. The summed E-state index contributed by atoms with van der Waals surface area (Å²) in [6.45, 7) is 2.28. The van der Waals surface area contributed by atoms with Crippen LogP contribution in [0.1, 0.15) is 31.4 Å². The number of carbonyl (C=O) groups excluding carboxylic acids is 1. The first-order valence-corrected chi connectivity index (χ1v) is 10.6. The van der Waals surface area contributed by atoms with Gasteiger partial charge in [-0.3, -0.25) is 9.69 Å². The molecule has 27 heavy (non-hydrogen) atoms. The van der Waals surface area contributed by atoms with Crippen molar-refractivity contribution in [1.29, 1.82) is 0 Å². The lowest BCUT2D eigenvalue weighted by Gasteiger charge is -2.29. The van der Waals surface area contributed by atoms with Crippen LogP contribution < -0.4 is 10.5 Å². The quantitative estimate of drug-likeness (QED) is 0.737. The highest BCUT2D eigenvalue weighted by molar-refractivity contribution is 7.89. The van der Waals surface area contributed by atoms with Crippen molar-refractivity contribution < 1.29 is 13.2 Å². The highest BCUT2D eigenvalue weighted by atomic mass is 35.5. The van der Waals surface area contributed by atoms with Crippen LogP contribution in [0.15, 0.2) is 53.4 Å². The number of primary sulfonamides is 1. The molecular weight excluding hydrogens is 386 g/mol. The van der Waals surface area contributed by atoms with E-state index in [-0.39, 0.29) is 23.4 Å². The Kier molecular flexibility index (Phi) is 5.86. The fourth-order valence-corrected chi connectivity index (χ4v) is 3.88. The van der Waals surface area contributed by atoms with Crippen LogP contribution >= 0.6 is 11.6 Å². The van der Waals surface area contributed by atoms with Crippen molar-refractivity contribution in [3.63, 3.8) is 0 Å². The maximum atomic E-state index is 12.5. The molecular formula is C19H22ClN3O3S. The van der Waals surface area contributed by atoms with Crippen LogP contribution in [-0.2, 0) is 14.8 Å². The van der Waals surface area contributed by atoms with Gasteiger partial charge in [-0.1, -0.05) is 29.8 Å². The van der Waals surface area contributed by atoms with Gasteiger partial charge in [-0.25, -0.2) is 13.6 Å². The largest absolute Gasteiger partial charge is 0.325 e. The van der Waals surface area contributed by atoms with Crippen molar-refractivity contribution in [2.75, 3.05) is 11.9 Å². The van der Waals surface area contributed by atoms with Crippen LogP contribution in [0.25, 0.3) is 0 Å². The highest BCUT2D eigenvalue weighted by Crippen LogP contribution is 2.36. The predicted octanol–water partition coefficient (Wildman–Crippen LogP) is 3.15. The van der Waals surface area contributed by atoms with Gasteiger partial charge in [0, 0.05) is 22.8 Å². The molecule has 1 aliphatic carbocycles. The number of rotatable bonds is 7. The lowest BCUT2D eigenvalue weighted by atomic mass is 10.1. The molecule has 1 unspecified atom stereocenters. The van der Waals surface area contributed by atoms with Crippen molar-refractivity contribution >= 4 is 33.2 Å². The van der Waals surface area contributed by atoms with Gasteiger partial charge in [-0.15, -0.1) is 0 Å². The molecule has 2 aromatic carbocycles. The van der Waals surface area contributed by atoms with Crippen LogP contribution in [0, 0.1) is 0 Å². The Morgan fingerprint density at radius 3 is 2.41 bits per heavy atom. The summed E-state index contributed by atoms with van der Waals surface area (Å²) in [5.41, 5.74) is 1.52. The summed E-state index contributed by atoms with van der Waals surface area (Å²) in [7, 11) is -3.75. The van der Waals surface area contributed by atoms with Crippen molar-refractivity contribution in [2.45, 2.75) is 36.7 Å². The zero-order chi connectivity index (χ0) is 19.6. The molecule has 1 atom stereocenters. The molecule has 8 heteroatoms. The number of amides is 1. The molecule has 144 valence electrons. The van der Waals surface area contributed by atoms with Crippen molar-refractivity contribution in [3.05, 3.63) is 59.1 Å². The second-order valence-electron chi connectivity index (χ2n) is 6.72. The van der Waals surface area contributed by atoms with Gasteiger partial charge in [0.25, 0.3) is 0 Å². The third-order valence-electron chi connectivity index (χ3n) is 4.66. The molecule has 0 spiro atoms. The maximum absolute atomic E-state index is 12.5. The second kappa shape index (κ2) is 7.98. The third-order valence-corrected chi connectivity index (χ3v) is 5.93. The molecule has 3 rings (SSSR count). The fraction of sp³-hybridized carbons (Fsp3) is 0.316. The Balaban J connectivity index is 1.68. The number of nitrogens with one attached hydrogen (secondary N) is 1. The van der Waals surface area contributed by atoms with Gasteiger partial charge in [-0.2, -0.15) is 0 Å². The summed E-state index contributed by atoms with van der Waals surface area (Å²) < 4.78 is 22.6. The number of anilines is 1. The summed E-state index contributed by atoms with van der Waals surface area (Å²) in [5.74, 6) is -0.163. The standard InChI is InChI=1S/C19H22ClN3O3S/c1-13(17-4-2-3-5-18(17)20)23(15-8-9-15)12-19(24)22-14-6-10-16(11-7-14)27(21,25)26/h2-7,10-11,13,15H,8-9,12H2,1H3,(H,22,24)(H2,21,25,26). The van der Waals surface area contributed by atoms with E-state index in [4.69, 9.17) is 16.7 Å². The Labute approximate surface area is 164 Å². The number of nitrogens with two attached hydrogens (primary N) is 1. The van der Waals surface area contributed by atoms with Gasteiger partial charge in [0.05, 0.1) is 11.4 Å². The molecule has 0 aromatic heterocycles. The Hall–Kier alpha value is -1.93. The van der Waals surface area contributed by atoms with Gasteiger partial charge in [0.15, 0.2) is 0 Å². The first-order chi connectivity index (χ1) is 12.8. The molecule has 1 amide bonds. The lowest BCUT2D eigenvalue weighted by Crippen LogP contribution is -2.37. The van der Waals surface area contributed by atoms with Gasteiger partial charge >= 0.3 is 0 Å². The molecule has 3 N–H and O–H groups in total. The molecule has 0 saturated heterocycles. The van der Waals surface area contributed by atoms with Gasteiger partial charge in [0.1, 0.15) is 0 Å². The summed E-state index contributed by atoms with van der Waals surface area (Å²) >= 11 is 6.32. The summed E-state index contributed by atoms with van der Waals surface area (Å²) in [5, 5.41) is 8.58. The van der Waals surface area contributed by atoms with Crippen molar-refractivity contribution in [2.24, 2.45) is 5.14 Å². The van der Waals surface area contributed by atoms with Crippen molar-refractivity contribution in [3.8, 4) is 0 Å². The van der Waals surface area contributed by atoms with E-state index in [1.807, 2.05) is 31.2 Å². The fourth-order valence-electron chi connectivity index (χ4n) is 3.08. The van der Waals surface area contributed by atoms with E-state index in [1.54, 1.807) is 0 Å². The van der Waals surface area contributed by atoms with E-state index < -0.39 is 10.0 Å². The Morgan fingerprint density at radius 2 is 1.85 bits per heavy atom. The SMILES string of the molecule is CC(c1ccccc1Cl)N(CC(=O)Nc1ccc(S(N)(=O)=O)cc1)C1CC1. The van der Waals surface area contributed by atoms with Crippen LogP contribution in [0.5, 0.6) is 0 Å². The molecule has 1 aliphatic rings. The first-order valence-electron chi connectivity index (χ1n) is 8.68. The van der Waals surface area contributed by atoms with Gasteiger partial charge in [-0.05, 0) is 55.7 Å². The maximum Gasteiger partial charge on any atom is 0.238 e. The van der Waals surface area contributed by atoms with E-state index in [0.29, 0.717) is 16.8 Å². The molecule has 2 aromatic rings. The number of benzene rings is 2. The minimum Gasteiger partial charge on any atom is -0.325 e. The van der Waals surface area contributed by atoms with E-state index in [1.165, 1.54) is 24.3 Å². The zero-order valence-electron chi connectivity index (χ0n) is 14.9. The Bertz CT molecular complexity index is 927. The molecule has 0 radical (unpaired) electrons. The molecule has 0 bridgehead atoms. The average molecular weight is 408 g/mol. The zero-order valence-corrected chi connectivity index (χ0v) is 16.5. The normalized spacial score (nSPS) is 15.6. The summed E-state index contributed by atoms with van der Waals surface area (Å²) in [6.07, 6.45) is 2.12. The molecule has 6 nitrogen and oxygen atoms in total. The number of nitrogens with zero attached hydrogens (tertiary/aromatic N) is 1. The molecule has 0 aliphatic heterocycles. The number of sulfonamides is 1. The van der Waals surface area contributed by atoms with Crippen molar-refractivity contribution in [1.82, 2.24) is 4.90 Å². The van der Waals surface area contributed by atoms with E-state index in [2.05, 4.69) is 10.2 Å². The average Bonchev–Trinajstić information content (AvgIpc) is 3.44. The first kappa shape index (κ1) is 19.8. The monoisotopic (exact) mass is 407 g/mol. The van der Waals surface area contributed by atoms with Crippen LogP contribution in [0.3, 0.4) is 0 Å². The summed E-state index contributed by atoms with van der Waals surface area (Å²) in [4.78, 5) is 14.7. The molecule has 1 saturated carbocycles. The minimum atomic E-state index is -3.75. The number of halogens is 1. The van der Waals surface area contributed by atoms with Crippen LogP contribution in [0.2, 0.25) is 5.02 Å². The highest BCUT2D eigenvalue weighted by Gasteiger charge is 2.34. The lowest BCUT2D eigenvalue weighted by molar-refractivity contribution is -0.118.